The van der Waals surface area contributed by atoms with Gasteiger partial charge in [-0.3, -0.25) is 4.79 Å². The van der Waals surface area contributed by atoms with Gasteiger partial charge < -0.3 is 11.1 Å². The van der Waals surface area contributed by atoms with Crippen molar-refractivity contribution >= 4 is 17.7 Å². The van der Waals surface area contributed by atoms with Gasteiger partial charge in [-0.1, -0.05) is 24.3 Å². The second-order valence-electron chi connectivity index (χ2n) is 4.24. The molecule has 1 amide bonds. The van der Waals surface area contributed by atoms with Gasteiger partial charge in [-0.25, -0.2) is 0 Å². The molecule has 92 valence electrons. The van der Waals surface area contributed by atoms with E-state index in [0.717, 1.165) is 29.7 Å². The fourth-order valence-electron chi connectivity index (χ4n) is 1.88. The van der Waals surface area contributed by atoms with Crippen LogP contribution in [0.15, 0.2) is 24.3 Å². The van der Waals surface area contributed by atoms with Gasteiger partial charge in [-0.2, -0.15) is 0 Å². The van der Waals surface area contributed by atoms with Crippen LogP contribution in [0.3, 0.4) is 0 Å². The van der Waals surface area contributed by atoms with Gasteiger partial charge >= 0.3 is 0 Å². The molecule has 0 bridgehead atoms. The molecule has 0 radical (unpaired) electrons. The Kier molecular flexibility index (Phi) is 4.45. The monoisotopic (exact) mass is 250 g/mol. The standard InChI is InChI=1S/C13H18N2OS/c14-8-10-3-5-11(6-4-10)9-15-13(16)12-2-1-7-17-12/h3-6,12H,1-2,7-9,14H2,(H,15,16). The topological polar surface area (TPSA) is 55.1 Å². The number of amides is 1. The van der Waals surface area contributed by atoms with E-state index in [1.54, 1.807) is 11.8 Å². The Bertz CT molecular complexity index is 372. The number of carbonyl (C=O) groups is 1. The molecule has 3 N–H and O–H groups in total. The van der Waals surface area contributed by atoms with Crippen molar-refractivity contribution in [3.05, 3.63) is 35.4 Å². The number of nitrogens with one attached hydrogen (secondary N) is 1. The smallest absolute Gasteiger partial charge is 0.233 e. The van der Waals surface area contributed by atoms with Crippen molar-refractivity contribution in [3.8, 4) is 0 Å². The Hall–Kier alpha value is -1.00. The third-order valence-electron chi connectivity index (χ3n) is 2.95. The van der Waals surface area contributed by atoms with Gasteiger partial charge in [0, 0.05) is 13.1 Å². The van der Waals surface area contributed by atoms with Crippen molar-refractivity contribution in [2.45, 2.75) is 31.2 Å². The molecule has 1 aliphatic rings. The first-order chi connectivity index (χ1) is 8.29. The van der Waals surface area contributed by atoms with Crippen LogP contribution in [0.2, 0.25) is 0 Å². The van der Waals surface area contributed by atoms with Crippen molar-refractivity contribution < 1.29 is 4.79 Å². The second-order valence-corrected chi connectivity index (χ2v) is 5.55. The molecule has 1 aromatic carbocycles. The molecular weight excluding hydrogens is 232 g/mol. The minimum Gasteiger partial charge on any atom is -0.351 e. The van der Waals surface area contributed by atoms with Gasteiger partial charge in [0.25, 0.3) is 0 Å². The molecule has 3 nitrogen and oxygen atoms in total. The molecular formula is C13H18N2OS. The molecule has 0 saturated carbocycles. The van der Waals surface area contributed by atoms with Crippen LogP contribution >= 0.6 is 11.8 Å². The Labute approximate surface area is 106 Å². The van der Waals surface area contributed by atoms with Crippen molar-refractivity contribution in [2.24, 2.45) is 5.73 Å². The number of rotatable bonds is 4. The number of carbonyl (C=O) groups excluding carboxylic acids is 1. The maximum Gasteiger partial charge on any atom is 0.233 e. The van der Waals surface area contributed by atoms with Crippen molar-refractivity contribution in [1.82, 2.24) is 5.32 Å². The van der Waals surface area contributed by atoms with E-state index < -0.39 is 0 Å². The SMILES string of the molecule is NCc1ccc(CNC(=O)C2CCCS2)cc1. The van der Waals surface area contributed by atoms with Crippen LogP contribution in [0.25, 0.3) is 0 Å². The van der Waals surface area contributed by atoms with E-state index >= 15 is 0 Å². The van der Waals surface area contributed by atoms with Crippen molar-refractivity contribution in [3.63, 3.8) is 0 Å². The third kappa shape index (κ3) is 3.48. The predicted octanol–water partition coefficient (Wildman–Crippen LogP) is 1.66. The zero-order chi connectivity index (χ0) is 12.1. The lowest BCUT2D eigenvalue weighted by molar-refractivity contribution is -0.120. The number of nitrogens with two attached hydrogens (primary N) is 1. The van der Waals surface area contributed by atoms with Crippen LogP contribution in [0, 0.1) is 0 Å². The van der Waals surface area contributed by atoms with Crippen molar-refractivity contribution in [2.75, 3.05) is 5.75 Å². The first kappa shape index (κ1) is 12.5. The summed E-state index contributed by atoms with van der Waals surface area (Å²) in [5.74, 6) is 1.29. The van der Waals surface area contributed by atoms with Crippen LogP contribution in [0.5, 0.6) is 0 Å². The zero-order valence-corrected chi connectivity index (χ0v) is 10.6. The average molecular weight is 250 g/mol. The molecule has 1 unspecified atom stereocenters. The normalized spacial score (nSPS) is 19.2. The molecule has 0 aliphatic carbocycles. The highest BCUT2D eigenvalue weighted by Crippen LogP contribution is 2.26. The van der Waals surface area contributed by atoms with Crippen molar-refractivity contribution in [1.29, 1.82) is 0 Å². The molecule has 1 aliphatic heterocycles. The molecule has 1 fully saturated rings. The van der Waals surface area contributed by atoms with E-state index in [-0.39, 0.29) is 11.2 Å². The lowest BCUT2D eigenvalue weighted by atomic mass is 10.1. The van der Waals surface area contributed by atoms with E-state index in [1.807, 2.05) is 24.3 Å². The van der Waals surface area contributed by atoms with Crippen LogP contribution in [0.1, 0.15) is 24.0 Å². The first-order valence-corrected chi connectivity index (χ1v) is 7.01. The number of hydrogen-bond donors (Lipinski definition) is 2. The lowest BCUT2D eigenvalue weighted by Gasteiger charge is -2.10. The van der Waals surface area contributed by atoms with Gasteiger partial charge in [-0.15, -0.1) is 11.8 Å². The highest BCUT2D eigenvalue weighted by atomic mass is 32.2. The van der Waals surface area contributed by atoms with Gasteiger partial charge in [0.15, 0.2) is 0 Å². The third-order valence-corrected chi connectivity index (χ3v) is 4.32. The molecule has 2 rings (SSSR count). The van der Waals surface area contributed by atoms with E-state index in [0.29, 0.717) is 13.1 Å². The predicted molar refractivity (Wildman–Crippen MR) is 71.7 cm³/mol. The molecule has 1 heterocycles. The summed E-state index contributed by atoms with van der Waals surface area (Å²) in [6.07, 6.45) is 2.18. The summed E-state index contributed by atoms with van der Waals surface area (Å²) in [5, 5.41) is 3.15. The summed E-state index contributed by atoms with van der Waals surface area (Å²) in [5.41, 5.74) is 7.77. The molecule has 4 heteroatoms. The molecule has 1 aromatic rings. The number of thioether (sulfide) groups is 1. The summed E-state index contributed by atoms with van der Waals surface area (Å²) >= 11 is 1.76. The first-order valence-electron chi connectivity index (χ1n) is 5.97. The van der Waals surface area contributed by atoms with Crippen LogP contribution in [0.4, 0.5) is 0 Å². The van der Waals surface area contributed by atoms with Crippen LogP contribution in [-0.4, -0.2) is 16.9 Å². The molecule has 1 atom stereocenters. The summed E-state index contributed by atoms with van der Waals surface area (Å²) in [4.78, 5) is 11.8. The van der Waals surface area contributed by atoms with Gasteiger partial charge in [-0.05, 0) is 29.7 Å². The maximum absolute atomic E-state index is 11.8. The van der Waals surface area contributed by atoms with E-state index in [1.165, 1.54) is 0 Å². The summed E-state index contributed by atoms with van der Waals surface area (Å²) in [7, 11) is 0. The average Bonchev–Trinajstić information content (AvgIpc) is 2.90. The maximum atomic E-state index is 11.8. The van der Waals surface area contributed by atoms with Gasteiger partial charge in [0.2, 0.25) is 5.91 Å². The molecule has 1 saturated heterocycles. The Morgan fingerprint density at radius 1 is 1.35 bits per heavy atom. The summed E-state index contributed by atoms with van der Waals surface area (Å²) < 4.78 is 0. The minimum absolute atomic E-state index is 0.165. The molecule has 0 spiro atoms. The molecule has 17 heavy (non-hydrogen) atoms. The summed E-state index contributed by atoms with van der Waals surface area (Å²) in [6.45, 7) is 1.17. The highest BCUT2D eigenvalue weighted by Gasteiger charge is 2.22. The fraction of sp³-hybridized carbons (Fsp3) is 0.462. The van der Waals surface area contributed by atoms with Gasteiger partial charge in [0.05, 0.1) is 5.25 Å². The highest BCUT2D eigenvalue weighted by molar-refractivity contribution is 8.00. The van der Waals surface area contributed by atoms with Crippen LogP contribution < -0.4 is 11.1 Å². The largest absolute Gasteiger partial charge is 0.351 e. The summed E-state index contributed by atoms with van der Waals surface area (Å²) in [6, 6.07) is 8.05. The van der Waals surface area contributed by atoms with Crippen LogP contribution in [-0.2, 0) is 17.9 Å². The fourth-order valence-corrected chi connectivity index (χ4v) is 3.07. The van der Waals surface area contributed by atoms with E-state index in [4.69, 9.17) is 5.73 Å². The minimum atomic E-state index is 0.165. The number of hydrogen-bond acceptors (Lipinski definition) is 3. The lowest BCUT2D eigenvalue weighted by Crippen LogP contribution is -2.30. The Morgan fingerprint density at radius 2 is 2.06 bits per heavy atom. The molecule has 0 aromatic heterocycles. The number of benzene rings is 1. The zero-order valence-electron chi connectivity index (χ0n) is 9.82. The van der Waals surface area contributed by atoms with E-state index in [2.05, 4.69) is 5.32 Å². The Balaban J connectivity index is 1.82. The van der Waals surface area contributed by atoms with Gasteiger partial charge in [0.1, 0.15) is 0 Å². The Morgan fingerprint density at radius 3 is 2.65 bits per heavy atom. The quantitative estimate of drug-likeness (QED) is 0.854. The van der Waals surface area contributed by atoms with E-state index in [9.17, 15) is 4.79 Å². The second kappa shape index (κ2) is 6.07.